The van der Waals surface area contributed by atoms with Crippen LogP contribution in [-0.4, -0.2) is 15.0 Å². The van der Waals surface area contributed by atoms with Crippen LogP contribution in [0.5, 0.6) is 0 Å². The normalized spacial score (nSPS) is 10.7. The van der Waals surface area contributed by atoms with Crippen molar-refractivity contribution in [3.8, 4) is 11.3 Å². The first-order chi connectivity index (χ1) is 8.74. The quantitative estimate of drug-likeness (QED) is 0.673. The van der Waals surface area contributed by atoms with Crippen molar-refractivity contribution in [3.05, 3.63) is 53.2 Å². The van der Waals surface area contributed by atoms with Crippen molar-refractivity contribution in [1.29, 1.82) is 0 Å². The van der Waals surface area contributed by atoms with Gasteiger partial charge in [-0.2, -0.15) is 0 Å². The summed E-state index contributed by atoms with van der Waals surface area (Å²) in [7, 11) is 0. The molecular weight excluding hydrogens is 242 g/mol. The predicted octanol–water partition coefficient (Wildman–Crippen LogP) is 3.66. The van der Waals surface area contributed by atoms with Crippen molar-refractivity contribution in [3.63, 3.8) is 0 Å². The highest BCUT2D eigenvalue weighted by molar-refractivity contribution is 7.71. The van der Waals surface area contributed by atoms with Gasteiger partial charge in [-0.05, 0) is 30.6 Å². The standard InChI is InChI=1S/C14H11N3S/c1-9-6-13(17-14(18)16-9)12-8-15-7-10-4-2-3-5-11(10)12/h2-8H,1H3,(H,16,17,18). The molecule has 3 rings (SSSR count). The molecule has 18 heavy (non-hydrogen) atoms. The van der Waals surface area contributed by atoms with Crippen LogP contribution < -0.4 is 0 Å². The lowest BCUT2D eigenvalue weighted by Gasteiger charge is -2.06. The van der Waals surface area contributed by atoms with Gasteiger partial charge in [0.25, 0.3) is 0 Å². The van der Waals surface area contributed by atoms with Crippen molar-refractivity contribution in [2.45, 2.75) is 6.92 Å². The van der Waals surface area contributed by atoms with Crippen LogP contribution in [0.4, 0.5) is 0 Å². The summed E-state index contributed by atoms with van der Waals surface area (Å²) in [4.78, 5) is 11.6. The number of rotatable bonds is 1. The number of aromatic amines is 1. The van der Waals surface area contributed by atoms with Crippen LogP contribution in [0, 0.1) is 11.7 Å². The van der Waals surface area contributed by atoms with Crippen molar-refractivity contribution >= 4 is 23.0 Å². The first-order valence-electron chi connectivity index (χ1n) is 5.65. The molecule has 0 radical (unpaired) electrons. The summed E-state index contributed by atoms with van der Waals surface area (Å²) in [5.41, 5.74) is 2.87. The minimum Gasteiger partial charge on any atom is -0.335 e. The number of hydrogen-bond acceptors (Lipinski definition) is 3. The Bertz CT molecular complexity index is 772. The smallest absolute Gasteiger partial charge is 0.197 e. The Morgan fingerprint density at radius 1 is 1.17 bits per heavy atom. The summed E-state index contributed by atoms with van der Waals surface area (Å²) in [6.45, 7) is 1.97. The average Bonchev–Trinajstić information content (AvgIpc) is 2.37. The van der Waals surface area contributed by atoms with Crippen LogP contribution in [-0.2, 0) is 0 Å². The molecule has 0 amide bonds. The molecule has 0 atom stereocenters. The Kier molecular flexibility index (Phi) is 2.64. The fourth-order valence-electron chi connectivity index (χ4n) is 2.04. The second-order valence-electron chi connectivity index (χ2n) is 4.16. The summed E-state index contributed by atoms with van der Waals surface area (Å²) in [5.74, 6) is 0. The second-order valence-corrected chi connectivity index (χ2v) is 4.55. The number of benzene rings is 1. The van der Waals surface area contributed by atoms with E-state index in [1.807, 2.05) is 43.6 Å². The highest BCUT2D eigenvalue weighted by atomic mass is 32.1. The van der Waals surface area contributed by atoms with Gasteiger partial charge >= 0.3 is 0 Å². The molecule has 0 bridgehead atoms. The molecule has 2 aromatic heterocycles. The van der Waals surface area contributed by atoms with Gasteiger partial charge in [0.15, 0.2) is 4.77 Å². The molecule has 2 heterocycles. The zero-order valence-electron chi connectivity index (χ0n) is 9.84. The lowest BCUT2D eigenvalue weighted by Crippen LogP contribution is -1.92. The van der Waals surface area contributed by atoms with Crippen molar-refractivity contribution in [2.75, 3.05) is 0 Å². The Balaban J connectivity index is 2.34. The molecule has 88 valence electrons. The van der Waals surface area contributed by atoms with Gasteiger partial charge < -0.3 is 4.98 Å². The Morgan fingerprint density at radius 2 is 2.00 bits per heavy atom. The van der Waals surface area contributed by atoms with Crippen molar-refractivity contribution in [2.24, 2.45) is 0 Å². The molecule has 0 spiro atoms. The number of hydrogen-bond donors (Lipinski definition) is 1. The zero-order valence-corrected chi connectivity index (χ0v) is 10.7. The molecule has 0 aliphatic carbocycles. The van der Waals surface area contributed by atoms with Gasteiger partial charge in [-0.3, -0.25) is 4.98 Å². The summed E-state index contributed by atoms with van der Waals surface area (Å²) >= 11 is 5.12. The number of nitrogens with zero attached hydrogens (tertiary/aromatic N) is 2. The summed E-state index contributed by atoms with van der Waals surface area (Å²) in [6.07, 6.45) is 3.69. The van der Waals surface area contributed by atoms with Gasteiger partial charge in [0.1, 0.15) is 0 Å². The van der Waals surface area contributed by atoms with E-state index in [-0.39, 0.29) is 0 Å². The topological polar surface area (TPSA) is 41.6 Å². The van der Waals surface area contributed by atoms with Gasteiger partial charge in [-0.25, -0.2) is 4.98 Å². The third-order valence-corrected chi connectivity index (χ3v) is 3.02. The Labute approximate surface area is 110 Å². The van der Waals surface area contributed by atoms with E-state index in [1.165, 1.54) is 0 Å². The summed E-state index contributed by atoms with van der Waals surface area (Å²) < 4.78 is 0.498. The highest BCUT2D eigenvalue weighted by Gasteiger charge is 2.05. The lowest BCUT2D eigenvalue weighted by molar-refractivity contribution is 1.08. The third-order valence-electron chi connectivity index (χ3n) is 2.82. The van der Waals surface area contributed by atoms with Gasteiger partial charge in [0.05, 0.1) is 5.69 Å². The minimum absolute atomic E-state index is 0.498. The van der Waals surface area contributed by atoms with E-state index in [4.69, 9.17) is 12.2 Å². The van der Waals surface area contributed by atoms with E-state index in [0.717, 1.165) is 27.7 Å². The van der Waals surface area contributed by atoms with E-state index in [0.29, 0.717) is 4.77 Å². The average molecular weight is 253 g/mol. The monoisotopic (exact) mass is 253 g/mol. The number of nitrogens with one attached hydrogen (secondary N) is 1. The van der Waals surface area contributed by atoms with Gasteiger partial charge in [0.2, 0.25) is 0 Å². The molecule has 0 fully saturated rings. The molecule has 1 N–H and O–H groups in total. The summed E-state index contributed by atoms with van der Waals surface area (Å²) in [5, 5.41) is 2.24. The fraction of sp³-hybridized carbons (Fsp3) is 0.0714. The first kappa shape index (κ1) is 11.0. The Morgan fingerprint density at radius 3 is 2.83 bits per heavy atom. The highest BCUT2D eigenvalue weighted by Crippen LogP contribution is 2.25. The Hall–Kier alpha value is -2.07. The predicted molar refractivity (Wildman–Crippen MR) is 74.9 cm³/mol. The maximum atomic E-state index is 5.12. The van der Waals surface area contributed by atoms with Gasteiger partial charge in [0, 0.05) is 29.0 Å². The van der Waals surface area contributed by atoms with Crippen molar-refractivity contribution in [1.82, 2.24) is 15.0 Å². The molecular formula is C14H11N3S. The molecule has 0 aliphatic heterocycles. The maximum absolute atomic E-state index is 5.12. The maximum Gasteiger partial charge on any atom is 0.197 e. The lowest BCUT2D eigenvalue weighted by atomic mass is 10.1. The van der Waals surface area contributed by atoms with E-state index < -0.39 is 0 Å². The number of aromatic nitrogens is 3. The van der Waals surface area contributed by atoms with Crippen molar-refractivity contribution < 1.29 is 0 Å². The third kappa shape index (κ3) is 1.91. The first-order valence-corrected chi connectivity index (χ1v) is 6.06. The molecule has 0 unspecified atom stereocenters. The van der Waals surface area contributed by atoms with Crippen LogP contribution >= 0.6 is 12.2 Å². The molecule has 0 saturated carbocycles. The number of H-pyrrole nitrogens is 1. The van der Waals surface area contributed by atoms with Crippen LogP contribution in [0.15, 0.2) is 42.7 Å². The molecule has 0 saturated heterocycles. The van der Waals surface area contributed by atoms with E-state index >= 15 is 0 Å². The summed E-state index contributed by atoms with van der Waals surface area (Å²) in [6, 6.07) is 10.1. The molecule has 4 heteroatoms. The minimum atomic E-state index is 0.498. The molecule has 0 aliphatic rings. The van der Waals surface area contributed by atoms with Crippen LogP contribution in [0.1, 0.15) is 5.69 Å². The number of fused-ring (bicyclic) bond motifs is 1. The molecule has 3 nitrogen and oxygen atoms in total. The van der Waals surface area contributed by atoms with E-state index in [2.05, 4.69) is 21.0 Å². The second kappa shape index (κ2) is 4.31. The SMILES string of the molecule is Cc1cc(-c2cncc3ccccc23)nc(=S)[nH]1. The van der Waals surface area contributed by atoms with Gasteiger partial charge in [-0.15, -0.1) is 0 Å². The van der Waals surface area contributed by atoms with Crippen LogP contribution in [0.3, 0.4) is 0 Å². The van der Waals surface area contributed by atoms with E-state index in [1.54, 1.807) is 0 Å². The largest absolute Gasteiger partial charge is 0.335 e. The van der Waals surface area contributed by atoms with Crippen LogP contribution in [0.2, 0.25) is 0 Å². The van der Waals surface area contributed by atoms with E-state index in [9.17, 15) is 0 Å². The van der Waals surface area contributed by atoms with Gasteiger partial charge in [-0.1, -0.05) is 24.3 Å². The van der Waals surface area contributed by atoms with Crippen LogP contribution in [0.25, 0.3) is 22.0 Å². The molecule has 1 aromatic carbocycles. The molecule has 3 aromatic rings. The number of pyridine rings is 1. The zero-order chi connectivity index (χ0) is 12.5. The fourth-order valence-corrected chi connectivity index (χ4v) is 2.30. The number of aryl methyl sites for hydroxylation is 1.